The molecule has 16 heavy (non-hydrogen) atoms. The Morgan fingerprint density at radius 2 is 2.00 bits per heavy atom. The van der Waals surface area contributed by atoms with Crippen LogP contribution >= 0.6 is 0 Å². The predicted molar refractivity (Wildman–Crippen MR) is 65.8 cm³/mol. The SMILES string of the molecule is CN(C)c1ccn(-c2ccccc2CN)n1. The second-order valence-electron chi connectivity index (χ2n) is 3.85. The summed E-state index contributed by atoms with van der Waals surface area (Å²) in [6, 6.07) is 10.0. The van der Waals surface area contributed by atoms with Gasteiger partial charge in [-0.15, -0.1) is 0 Å². The smallest absolute Gasteiger partial charge is 0.150 e. The van der Waals surface area contributed by atoms with Gasteiger partial charge in [-0.25, -0.2) is 4.68 Å². The molecule has 2 N–H and O–H groups in total. The van der Waals surface area contributed by atoms with Crippen LogP contribution in [0.3, 0.4) is 0 Å². The Kier molecular flexibility index (Phi) is 2.92. The average Bonchev–Trinajstić information content (AvgIpc) is 2.78. The molecule has 0 bridgehead atoms. The van der Waals surface area contributed by atoms with Crippen molar-refractivity contribution in [2.24, 2.45) is 5.73 Å². The van der Waals surface area contributed by atoms with E-state index in [-0.39, 0.29) is 0 Å². The molecule has 0 fully saturated rings. The second kappa shape index (κ2) is 4.37. The van der Waals surface area contributed by atoms with Crippen LogP contribution in [-0.2, 0) is 6.54 Å². The Labute approximate surface area is 95.3 Å². The van der Waals surface area contributed by atoms with Crippen LogP contribution < -0.4 is 10.6 Å². The molecule has 2 rings (SSSR count). The minimum absolute atomic E-state index is 0.521. The topological polar surface area (TPSA) is 47.1 Å². The summed E-state index contributed by atoms with van der Waals surface area (Å²) in [5.74, 6) is 0.937. The molecule has 0 aliphatic carbocycles. The number of nitrogens with zero attached hydrogens (tertiary/aromatic N) is 3. The number of para-hydroxylation sites is 1. The number of nitrogens with two attached hydrogens (primary N) is 1. The molecule has 0 saturated heterocycles. The summed E-state index contributed by atoms with van der Waals surface area (Å²) in [6.07, 6.45) is 1.95. The monoisotopic (exact) mass is 216 g/mol. The predicted octanol–water partition coefficient (Wildman–Crippen LogP) is 1.40. The number of aromatic nitrogens is 2. The zero-order chi connectivity index (χ0) is 11.5. The first-order valence-corrected chi connectivity index (χ1v) is 5.23. The summed E-state index contributed by atoms with van der Waals surface area (Å²) in [6.45, 7) is 0.521. The Hall–Kier alpha value is -1.81. The maximum Gasteiger partial charge on any atom is 0.150 e. The van der Waals surface area contributed by atoms with Crippen molar-refractivity contribution in [1.29, 1.82) is 0 Å². The van der Waals surface area contributed by atoms with Crippen molar-refractivity contribution in [3.05, 3.63) is 42.1 Å². The standard InChI is InChI=1S/C12H16N4/c1-15(2)12-7-8-16(14-12)11-6-4-3-5-10(11)9-13/h3-8H,9,13H2,1-2H3. The molecule has 2 aromatic rings. The molecule has 0 aliphatic rings. The van der Waals surface area contributed by atoms with E-state index in [1.165, 1.54) is 0 Å². The first-order chi connectivity index (χ1) is 7.72. The molecule has 0 amide bonds. The number of anilines is 1. The van der Waals surface area contributed by atoms with Gasteiger partial charge in [-0.05, 0) is 11.6 Å². The van der Waals surface area contributed by atoms with Gasteiger partial charge in [-0.3, -0.25) is 0 Å². The zero-order valence-electron chi connectivity index (χ0n) is 9.59. The van der Waals surface area contributed by atoms with E-state index in [1.807, 2.05) is 60.2 Å². The highest BCUT2D eigenvalue weighted by Gasteiger charge is 2.05. The van der Waals surface area contributed by atoms with Gasteiger partial charge in [0.25, 0.3) is 0 Å². The normalized spacial score (nSPS) is 10.4. The molecule has 0 spiro atoms. The Morgan fingerprint density at radius 1 is 1.25 bits per heavy atom. The van der Waals surface area contributed by atoms with Gasteiger partial charge in [0.05, 0.1) is 5.69 Å². The molecule has 0 aliphatic heterocycles. The van der Waals surface area contributed by atoms with E-state index in [4.69, 9.17) is 5.73 Å². The van der Waals surface area contributed by atoms with Crippen molar-refractivity contribution < 1.29 is 0 Å². The van der Waals surface area contributed by atoms with Crippen molar-refractivity contribution in [3.63, 3.8) is 0 Å². The summed E-state index contributed by atoms with van der Waals surface area (Å²) < 4.78 is 1.86. The molecular weight excluding hydrogens is 200 g/mol. The van der Waals surface area contributed by atoms with Gasteiger partial charge in [0.2, 0.25) is 0 Å². The molecule has 0 radical (unpaired) electrons. The lowest BCUT2D eigenvalue weighted by molar-refractivity contribution is 0.847. The second-order valence-corrected chi connectivity index (χ2v) is 3.85. The average molecular weight is 216 g/mol. The summed E-state index contributed by atoms with van der Waals surface area (Å²) in [5, 5.41) is 4.48. The molecule has 0 saturated carbocycles. The molecular formula is C12H16N4. The molecule has 1 aromatic carbocycles. The third-order valence-electron chi connectivity index (χ3n) is 2.49. The van der Waals surface area contributed by atoms with Crippen LogP contribution in [0.25, 0.3) is 5.69 Å². The highest BCUT2D eigenvalue weighted by Crippen LogP contribution is 2.15. The molecule has 84 valence electrons. The molecule has 0 atom stereocenters. The van der Waals surface area contributed by atoms with Gasteiger partial charge in [-0.2, -0.15) is 5.10 Å². The molecule has 1 heterocycles. The fourth-order valence-corrected chi connectivity index (χ4v) is 1.59. The van der Waals surface area contributed by atoms with Crippen molar-refractivity contribution in [1.82, 2.24) is 9.78 Å². The van der Waals surface area contributed by atoms with E-state index in [2.05, 4.69) is 5.10 Å². The largest absolute Gasteiger partial charge is 0.361 e. The molecule has 1 aromatic heterocycles. The van der Waals surface area contributed by atoms with Crippen LogP contribution in [0.4, 0.5) is 5.82 Å². The van der Waals surface area contributed by atoms with E-state index in [9.17, 15) is 0 Å². The first-order valence-electron chi connectivity index (χ1n) is 5.23. The fourth-order valence-electron chi connectivity index (χ4n) is 1.59. The molecule has 4 nitrogen and oxygen atoms in total. The van der Waals surface area contributed by atoms with E-state index in [0.717, 1.165) is 17.1 Å². The van der Waals surface area contributed by atoms with Crippen molar-refractivity contribution in [3.8, 4) is 5.69 Å². The Morgan fingerprint density at radius 3 is 2.62 bits per heavy atom. The summed E-state index contributed by atoms with van der Waals surface area (Å²) in [5.41, 5.74) is 7.84. The minimum Gasteiger partial charge on any atom is -0.361 e. The van der Waals surface area contributed by atoms with E-state index in [0.29, 0.717) is 6.54 Å². The minimum atomic E-state index is 0.521. The highest BCUT2D eigenvalue weighted by molar-refractivity contribution is 5.43. The van der Waals surface area contributed by atoms with Gasteiger partial charge in [-0.1, -0.05) is 18.2 Å². The molecule has 0 unspecified atom stereocenters. The fraction of sp³-hybridized carbons (Fsp3) is 0.250. The third kappa shape index (κ3) is 1.92. The van der Waals surface area contributed by atoms with Gasteiger partial charge in [0, 0.05) is 32.9 Å². The van der Waals surface area contributed by atoms with Gasteiger partial charge in [0.1, 0.15) is 5.82 Å². The Balaban J connectivity index is 2.42. The summed E-state index contributed by atoms with van der Waals surface area (Å²) in [7, 11) is 3.95. The number of benzene rings is 1. The van der Waals surface area contributed by atoms with Crippen LogP contribution in [-0.4, -0.2) is 23.9 Å². The quantitative estimate of drug-likeness (QED) is 0.843. The Bertz CT molecular complexity index is 473. The zero-order valence-corrected chi connectivity index (χ0v) is 9.59. The lowest BCUT2D eigenvalue weighted by Crippen LogP contribution is -2.10. The summed E-state index contributed by atoms with van der Waals surface area (Å²) >= 11 is 0. The number of hydrogen-bond donors (Lipinski definition) is 1. The van der Waals surface area contributed by atoms with E-state index in [1.54, 1.807) is 0 Å². The van der Waals surface area contributed by atoms with E-state index < -0.39 is 0 Å². The first kappa shape index (κ1) is 10.7. The third-order valence-corrected chi connectivity index (χ3v) is 2.49. The van der Waals surface area contributed by atoms with Crippen LogP contribution in [0.2, 0.25) is 0 Å². The number of hydrogen-bond acceptors (Lipinski definition) is 3. The number of rotatable bonds is 3. The highest BCUT2D eigenvalue weighted by atomic mass is 15.3. The van der Waals surface area contributed by atoms with Crippen LogP contribution in [0.1, 0.15) is 5.56 Å². The van der Waals surface area contributed by atoms with Crippen molar-refractivity contribution in [2.75, 3.05) is 19.0 Å². The summed E-state index contributed by atoms with van der Waals surface area (Å²) in [4.78, 5) is 1.97. The van der Waals surface area contributed by atoms with Gasteiger partial charge >= 0.3 is 0 Å². The maximum atomic E-state index is 5.70. The lowest BCUT2D eigenvalue weighted by atomic mass is 10.2. The van der Waals surface area contributed by atoms with Crippen LogP contribution in [0.15, 0.2) is 36.5 Å². The van der Waals surface area contributed by atoms with Crippen LogP contribution in [0, 0.1) is 0 Å². The van der Waals surface area contributed by atoms with Crippen LogP contribution in [0.5, 0.6) is 0 Å². The van der Waals surface area contributed by atoms with E-state index >= 15 is 0 Å². The van der Waals surface area contributed by atoms with Gasteiger partial charge in [0.15, 0.2) is 0 Å². The van der Waals surface area contributed by atoms with Crippen molar-refractivity contribution >= 4 is 5.82 Å². The molecule has 4 heteroatoms. The lowest BCUT2D eigenvalue weighted by Gasteiger charge is -2.09. The maximum absolute atomic E-state index is 5.70. The van der Waals surface area contributed by atoms with Crippen molar-refractivity contribution in [2.45, 2.75) is 6.54 Å². The van der Waals surface area contributed by atoms with Gasteiger partial charge < -0.3 is 10.6 Å².